The number of carboxylic acid groups (broad SMARTS) is 1. The first-order chi connectivity index (χ1) is 11.0. The summed E-state index contributed by atoms with van der Waals surface area (Å²) in [5.74, 6) is -1.11. The number of benzene rings is 2. The molecule has 0 saturated heterocycles. The molecule has 1 atom stereocenters. The van der Waals surface area contributed by atoms with Gasteiger partial charge in [0.1, 0.15) is 12.6 Å². The summed E-state index contributed by atoms with van der Waals surface area (Å²) in [6, 6.07) is 16.6. The minimum Gasteiger partial charge on any atom is -0.480 e. The lowest BCUT2D eigenvalue weighted by molar-refractivity contribution is -0.138. The second-order valence-corrected chi connectivity index (χ2v) is 5.99. The number of rotatable bonds is 6. The SMILES string of the molecule is CC(NC(=O)OCc1cccc(Sc2ccccc2)c1)C(=O)O. The summed E-state index contributed by atoms with van der Waals surface area (Å²) in [4.78, 5) is 24.3. The summed E-state index contributed by atoms with van der Waals surface area (Å²) in [5, 5.41) is 11.0. The first kappa shape index (κ1) is 16.9. The average Bonchev–Trinajstić information content (AvgIpc) is 2.54. The molecule has 2 N–H and O–H groups in total. The summed E-state index contributed by atoms with van der Waals surface area (Å²) < 4.78 is 5.03. The van der Waals surface area contributed by atoms with E-state index in [9.17, 15) is 9.59 Å². The first-order valence-corrected chi connectivity index (χ1v) is 7.84. The fourth-order valence-electron chi connectivity index (χ4n) is 1.75. The number of carbonyl (C=O) groups excluding carboxylic acids is 1. The second kappa shape index (κ2) is 8.24. The smallest absolute Gasteiger partial charge is 0.408 e. The van der Waals surface area contributed by atoms with Crippen molar-refractivity contribution >= 4 is 23.8 Å². The fourth-order valence-corrected chi connectivity index (χ4v) is 2.67. The van der Waals surface area contributed by atoms with Crippen LogP contribution < -0.4 is 5.32 Å². The topological polar surface area (TPSA) is 75.6 Å². The van der Waals surface area contributed by atoms with E-state index in [-0.39, 0.29) is 6.61 Å². The Balaban J connectivity index is 1.90. The monoisotopic (exact) mass is 331 g/mol. The maximum Gasteiger partial charge on any atom is 0.408 e. The van der Waals surface area contributed by atoms with E-state index in [0.717, 1.165) is 15.4 Å². The van der Waals surface area contributed by atoms with Crippen molar-refractivity contribution in [3.63, 3.8) is 0 Å². The highest BCUT2D eigenvalue weighted by Gasteiger charge is 2.14. The van der Waals surface area contributed by atoms with Gasteiger partial charge in [0.05, 0.1) is 0 Å². The molecule has 23 heavy (non-hydrogen) atoms. The molecular formula is C17H17NO4S. The molecule has 1 unspecified atom stereocenters. The summed E-state index contributed by atoms with van der Waals surface area (Å²) >= 11 is 1.62. The molecule has 2 aromatic carbocycles. The van der Waals surface area contributed by atoms with E-state index in [0.29, 0.717) is 0 Å². The Morgan fingerprint density at radius 2 is 1.83 bits per heavy atom. The standard InChI is InChI=1S/C17H17NO4S/c1-12(16(19)20)18-17(21)22-11-13-6-5-9-15(10-13)23-14-7-3-2-4-8-14/h2-10,12H,11H2,1H3,(H,18,21)(H,19,20). The van der Waals surface area contributed by atoms with Crippen LogP contribution in [0.1, 0.15) is 12.5 Å². The zero-order valence-corrected chi connectivity index (χ0v) is 13.4. The number of carbonyl (C=O) groups is 2. The lowest BCUT2D eigenvalue weighted by atomic mass is 10.2. The molecule has 120 valence electrons. The van der Waals surface area contributed by atoms with Crippen LogP contribution in [0.15, 0.2) is 64.4 Å². The highest BCUT2D eigenvalue weighted by Crippen LogP contribution is 2.27. The van der Waals surface area contributed by atoms with Gasteiger partial charge in [-0.3, -0.25) is 4.79 Å². The normalized spacial score (nSPS) is 11.5. The fraction of sp³-hybridized carbons (Fsp3) is 0.176. The zero-order valence-electron chi connectivity index (χ0n) is 12.6. The summed E-state index contributed by atoms with van der Waals surface area (Å²) in [5.41, 5.74) is 0.837. The van der Waals surface area contributed by atoms with Crippen LogP contribution in [-0.4, -0.2) is 23.2 Å². The number of hydrogen-bond acceptors (Lipinski definition) is 4. The van der Waals surface area contributed by atoms with Crippen molar-refractivity contribution in [3.05, 3.63) is 60.2 Å². The molecule has 0 aliphatic heterocycles. The summed E-state index contributed by atoms with van der Waals surface area (Å²) in [6.45, 7) is 1.46. The lowest BCUT2D eigenvalue weighted by Gasteiger charge is -2.10. The molecule has 0 heterocycles. The van der Waals surface area contributed by atoms with Crippen LogP contribution in [0, 0.1) is 0 Å². The molecule has 0 radical (unpaired) electrons. The van der Waals surface area contributed by atoms with E-state index in [1.54, 1.807) is 11.8 Å². The molecule has 5 nitrogen and oxygen atoms in total. The quantitative estimate of drug-likeness (QED) is 0.847. The van der Waals surface area contributed by atoms with E-state index < -0.39 is 18.1 Å². The van der Waals surface area contributed by atoms with Crippen LogP contribution in [0.4, 0.5) is 4.79 Å². The van der Waals surface area contributed by atoms with E-state index in [1.165, 1.54) is 6.92 Å². The van der Waals surface area contributed by atoms with Gasteiger partial charge in [-0.1, -0.05) is 42.1 Å². The molecule has 0 aliphatic rings. The predicted octanol–water partition coefficient (Wildman–Crippen LogP) is 3.54. The predicted molar refractivity (Wildman–Crippen MR) is 87.4 cm³/mol. The Kier molecular flexibility index (Phi) is 6.05. The Morgan fingerprint density at radius 1 is 1.13 bits per heavy atom. The van der Waals surface area contributed by atoms with Crippen LogP contribution >= 0.6 is 11.8 Å². The molecule has 6 heteroatoms. The maximum absolute atomic E-state index is 11.5. The van der Waals surface area contributed by atoms with Gasteiger partial charge in [-0.05, 0) is 36.8 Å². The summed E-state index contributed by atoms with van der Waals surface area (Å²) in [7, 11) is 0. The van der Waals surface area contributed by atoms with E-state index in [4.69, 9.17) is 9.84 Å². The van der Waals surface area contributed by atoms with Crippen molar-refractivity contribution < 1.29 is 19.4 Å². The van der Waals surface area contributed by atoms with Crippen LogP contribution in [0.25, 0.3) is 0 Å². The maximum atomic E-state index is 11.5. The van der Waals surface area contributed by atoms with Crippen molar-refractivity contribution in [1.82, 2.24) is 5.32 Å². The van der Waals surface area contributed by atoms with Gasteiger partial charge in [-0.25, -0.2) is 4.79 Å². The molecule has 2 aromatic rings. The minimum atomic E-state index is -1.11. The van der Waals surface area contributed by atoms with Gasteiger partial charge < -0.3 is 15.2 Å². The van der Waals surface area contributed by atoms with Crippen molar-refractivity contribution in [1.29, 1.82) is 0 Å². The molecule has 0 saturated carbocycles. The lowest BCUT2D eigenvalue weighted by Crippen LogP contribution is -2.38. The second-order valence-electron chi connectivity index (χ2n) is 4.84. The summed E-state index contributed by atoms with van der Waals surface area (Å²) in [6.07, 6.45) is -0.749. The van der Waals surface area contributed by atoms with Crippen LogP contribution in [0.5, 0.6) is 0 Å². The largest absolute Gasteiger partial charge is 0.480 e. The minimum absolute atomic E-state index is 0.0847. The van der Waals surface area contributed by atoms with E-state index >= 15 is 0 Å². The van der Waals surface area contributed by atoms with Crippen molar-refractivity contribution in [2.45, 2.75) is 29.4 Å². The Labute approximate surface area is 138 Å². The van der Waals surface area contributed by atoms with Crippen molar-refractivity contribution in [2.24, 2.45) is 0 Å². The Bertz CT molecular complexity index is 675. The van der Waals surface area contributed by atoms with Crippen molar-refractivity contribution in [3.8, 4) is 0 Å². The molecule has 2 rings (SSSR count). The Hall–Kier alpha value is -2.47. The number of alkyl carbamates (subject to hydrolysis) is 1. The number of amides is 1. The molecule has 0 aromatic heterocycles. The number of ether oxygens (including phenoxy) is 1. The number of carboxylic acids is 1. The molecule has 1 amide bonds. The number of nitrogens with one attached hydrogen (secondary N) is 1. The molecular weight excluding hydrogens is 314 g/mol. The number of aliphatic carboxylic acids is 1. The molecule has 0 aliphatic carbocycles. The van der Waals surface area contributed by atoms with Gasteiger partial charge >= 0.3 is 12.1 Å². The average molecular weight is 331 g/mol. The van der Waals surface area contributed by atoms with E-state index in [1.807, 2.05) is 54.6 Å². The zero-order chi connectivity index (χ0) is 16.7. The van der Waals surface area contributed by atoms with Crippen molar-refractivity contribution in [2.75, 3.05) is 0 Å². The Morgan fingerprint density at radius 3 is 2.52 bits per heavy atom. The molecule has 0 spiro atoms. The van der Waals surface area contributed by atoms with Gasteiger partial charge in [-0.2, -0.15) is 0 Å². The third-order valence-corrected chi connectivity index (χ3v) is 3.95. The first-order valence-electron chi connectivity index (χ1n) is 7.02. The molecule has 0 fully saturated rings. The molecule has 0 bridgehead atoms. The third-order valence-electron chi connectivity index (χ3n) is 2.95. The van der Waals surface area contributed by atoms with Crippen LogP contribution in [-0.2, 0) is 16.1 Å². The highest BCUT2D eigenvalue weighted by atomic mass is 32.2. The number of hydrogen-bond donors (Lipinski definition) is 2. The van der Waals surface area contributed by atoms with Crippen LogP contribution in [0.2, 0.25) is 0 Å². The van der Waals surface area contributed by atoms with Gasteiger partial charge in [0.2, 0.25) is 0 Å². The van der Waals surface area contributed by atoms with Crippen LogP contribution in [0.3, 0.4) is 0 Å². The van der Waals surface area contributed by atoms with Gasteiger partial charge in [-0.15, -0.1) is 0 Å². The van der Waals surface area contributed by atoms with E-state index in [2.05, 4.69) is 5.32 Å². The van der Waals surface area contributed by atoms with Gasteiger partial charge in [0.25, 0.3) is 0 Å². The van der Waals surface area contributed by atoms with Gasteiger partial charge in [0, 0.05) is 9.79 Å². The highest BCUT2D eigenvalue weighted by molar-refractivity contribution is 7.99. The third kappa shape index (κ3) is 5.67. The van der Waals surface area contributed by atoms with Gasteiger partial charge in [0.15, 0.2) is 0 Å².